The van der Waals surface area contributed by atoms with Gasteiger partial charge < -0.3 is 20.3 Å². The number of hydrogen-bond donors (Lipinski definition) is 3. The lowest BCUT2D eigenvalue weighted by molar-refractivity contribution is -0.126. The predicted octanol–water partition coefficient (Wildman–Crippen LogP) is 1.58. The van der Waals surface area contributed by atoms with Crippen molar-refractivity contribution in [2.75, 3.05) is 13.2 Å². The van der Waals surface area contributed by atoms with Gasteiger partial charge in [-0.15, -0.1) is 0 Å². The molecule has 0 bridgehead atoms. The van der Waals surface area contributed by atoms with Crippen LogP contribution in [0.5, 0.6) is 0 Å². The smallest absolute Gasteiger partial charge is 0.268 e. The summed E-state index contributed by atoms with van der Waals surface area (Å²) in [7, 11) is 1.88. The molecule has 1 aliphatic rings. The van der Waals surface area contributed by atoms with E-state index < -0.39 is 0 Å². The molecule has 3 N–H and O–H groups in total. The maximum Gasteiger partial charge on any atom is 0.268 e. The van der Waals surface area contributed by atoms with Gasteiger partial charge in [-0.05, 0) is 25.0 Å². The minimum absolute atomic E-state index is 0.0780. The minimum atomic E-state index is -0.237. The van der Waals surface area contributed by atoms with Gasteiger partial charge in [0.05, 0.1) is 12.5 Å². The Morgan fingerprint density at radius 3 is 2.76 bits per heavy atom. The van der Waals surface area contributed by atoms with Crippen LogP contribution in [0.2, 0.25) is 0 Å². The molecule has 1 aliphatic carbocycles. The number of nitrogens with one attached hydrogen (secondary N) is 2. The van der Waals surface area contributed by atoms with E-state index in [1.807, 2.05) is 41.9 Å². The number of aliphatic hydroxyl groups excluding tert-OH is 1. The molecule has 1 heterocycles. The fourth-order valence-corrected chi connectivity index (χ4v) is 3.68. The van der Waals surface area contributed by atoms with Gasteiger partial charge in [0.2, 0.25) is 5.91 Å². The van der Waals surface area contributed by atoms with Crippen LogP contribution >= 0.6 is 0 Å². The van der Waals surface area contributed by atoms with E-state index in [2.05, 4.69) is 10.6 Å². The van der Waals surface area contributed by atoms with Gasteiger partial charge in [-0.3, -0.25) is 9.59 Å². The molecule has 1 saturated carbocycles. The highest BCUT2D eigenvalue weighted by Gasteiger charge is 2.32. The van der Waals surface area contributed by atoms with E-state index in [1.165, 1.54) is 0 Å². The first-order valence-corrected chi connectivity index (χ1v) is 8.85. The Morgan fingerprint density at radius 1 is 1.24 bits per heavy atom. The summed E-state index contributed by atoms with van der Waals surface area (Å²) in [5, 5.41) is 15.7. The largest absolute Gasteiger partial charge is 0.395 e. The Balaban J connectivity index is 1.75. The van der Waals surface area contributed by atoms with Gasteiger partial charge in [-0.1, -0.05) is 31.0 Å². The second-order valence-corrected chi connectivity index (χ2v) is 6.63. The Kier molecular flexibility index (Phi) is 5.38. The van der Waals surface area contributed by atoms with Gasteiger partial charge in [-0.2, -0.15) is 0 Å². The number of rotatable bonds is 5. The third kappa shape index (κ3) is 3.69. The highest BCUT2D eigenvalue weighted by Crippen LogP contribution is 2.25. The molecular formula is C19H25N3O3. The summed E-state index contributed by atoms with van der Waals surface area (Å²) < 4.78 is 1.88. The average Bonchev–Trinajstić information content (AvgIpc) is 2.97. The number of hydrogen-bond acceptors (Lipinski definition) is 3. The highest BCUT2D eigenvalue weighted by atomic mass is 16.3. The number of aromatic nitrogens is 1. The molecule has 6 nitrogen and oxygen atoms in total. The first kappa shape index (κ1) is 17.5. The van der Waals surface area contributed by atoms with Crippen LogP contribution in [-0.4, -0.2) is 40.7 Å². The van der Waals surface area contributed by atoms with Crippen LogP contribution in [0.15, 0.2) is 30.3 Å². The molecule has 0 saturated heterocycles. The van der Waals surface area contributed by atoms with Crippen molar-refractivity contribution in [3.05, 3.63) is 36.0 Å². The monoisotopic (exact) mass is 343 g/mol. The number of carbonyl (C=O) groups excluding carboxylic acids is 2. The van der Waals surface area contributed by atoms with Crippen molar-refractivity contribution in [2.24, 2.45) is 13.0 Å². The number of fused-ring (bicyclic) bond motifs is 1. The van der Waals surface area contributed by atoms with E-state index in [1.54, 1.807) is 0 Å². The first-order chi connectivity index (χ1) is 12.1. The van der Waals surface area contributed by atoms with Crippen molar-refractivity contribution in [2.45, 2.75) is 31.7 Å². The first-order valence-electron chi connectivity index (χ1n) is 8.85. The molecule has 1 fully saturated rings. The maximum atomic E-state index is 12.8. The zero-order valence-electron chi connectivity index (χ0n) is 14.5. The molecule has 0 aliphatic heterocycles. The number of carbonyl (C=O) groups is 2. The average molecular weight is 343 g/mol. The van der Waals surface area contributed by atoms with Crippen LogP contribution in [0.25, 0.3) is 10.9 Å². The Morgan fingerprint density at radius 2 is 2.00 bits per heavy atom. The molecule has 25 heavy (non-hydrogen) atoms. The van der Waals surface area contributed by atoms with Crippen LogP contribution < -0.4 is 10.6 Å². The molecule has 134 valence electrons. The van der Waals surface area contributed by atoms with Crippen LogP contribution in [-0.2, 0) is 11.8 Å². The third-order valence-corrected chi connectivity index (χ3v) is 5.01. The standard InChI is InChI=1S/C19H25N3O3/c1-22-16-9-5-2-6-13(16)12-17(22)19(25)21-15-8-4-3-7-14(15)18(24)20-10-11-23/h2,5-6,9,12,14-15,23H,3-4,7-8,10-11H2,1H3,(H,20,24)(H,21,25). The van der Waals surface area contributed by atoms with E-state index in [0.29, 0.717) is 5.69 Å². The normalized spacial score (nSPS) is 20.4. The lowest BCUT2D eigenvalue weighted by Gasteiger charge is -2.31. The van der Waals surface area contributed by atoms with Gasteiger partial charge in [0.1, 0.15) is 5.69 Å². The van der Waals surface area contributed by atoms with Crippen molar-refractivity contribution in [3.63, 3.8) is 0 Å². The molecule has 3 rings (SSSR count). The number of aryl methyl sites for hydroxylation is 1. The summed E-state index contributed by atoms with van der Waals surface area (Å²) in [6.45, 7) is 0.171. The SMILES string of the molecule is Cn1c(C(=O)NC2CCCCC2C(=O)NCCO)cc2ccccc21. The van der Waals surface area contributed by atoms with Crippen LogP contribution in [0.3, 0.4) is 0 Å². The van der Waals surface area contributed by atoms with E-state index >= 15 is 0 Å². The van der Waals surface area contributed by atoms with Crippen LogP contribution in [0, 0.1) is 5.92 Å². The molecular weight excluding hydrogens is 318 g/mol. The predicted molar refractivity (Wildman–Crippen MR) is 96.2 cm³/mol. The summed E-state index contributed by atoms with van der Waals surface area (Å²) >= 11 is 0. The summed E-state index contributed by atoms with van der Waals surface area (Å²) in [6, 6.07) is 9.58. The quantitative estimate of drug-likeness (QED) is 0.771. The van der Waals surface area contributed by atoms with Crippen molar-refractivity contribution < 1.29 is 14.7 Å². The molecule has 2 amide bonds. The number of aliphatic hydroxyl groups is 1. The van der Waals surface area contributed by atoms with Crippen LogP contribution in [0.4, 0.5) is 0 Å². The van der Waals surface area contributed by atoms with Gasteiger partial charge in [0.15, 0.2) is 0 Å². The van der Waals surface area contributed by atoms with Crippen LogP contribution in [0.1, 0.15) is 36.2 Å². The van der Waals surface area contributed by atoms with Gasteiger partial charge >= 0.3 is 0 Å². The topological polar surface area (TPSA) is 83.4 Å². The molecule has 2 atom stereocenters. The zero-order chi connectivity index (χ0) is 17.8. The minimum Gasteiger partial charge on any atom is -0.395 e. The van der Waals surface area contributed by atoms with E-state index in [0.717, 1.165) is 36.6 Å². The molecule has 6 heteroatoms. The Bertz CT molecular complexity index is 768. The van der Waals surface area contributed by atoms with E-state index in [4.69, 9.17) is 5.11 Å². The number of amides is 2. The molecule has 1 aromatic heterocycles. The van der Waals surface area contributed by atoms with Crippen molar-refractivity contribution >= 4 is 22.7 Å². The Hall–Kier alpha value is -2.34. The molecule has 2 aromatic rings. The summed E-state index contributed by atoms with van der Waals surface area (Å²) in [4.78, 5) is 25.1. The summed E-state index contributed by atoms with van der Waals surface area (Å²) in [5.41, 5.74) is 1.61. The van der Waals surface area contributed by atoms with Gasteiger partial charge in [0.25, 0.3) is 5.91 Å². The number of para-hydroxylation sites is 1. The fourth-order valence-electron chi connectivity index (χ4n) is 3.68. The summed E-state index contributed by atoms with van der Waals surface area (Å²) in [5.74, 6) is -0.472. The second kappa shape index (κ2) is 7.70. The molecule has 1 aromatic carbocycles. The highest BCUT2D eigenvalue weighted by molar-refractivity contribution is 5.99. The molecule has 2 unspecified atom stereocenters. The third-order valence-electron chi connectivity index (χ3n) is 5.01. The van der Waals surface area contributed by atoms with Gasteiger partial charge in [0, 0.05) is 30.5 Å². The fraction of sp³-hybridized carbons (Fsp3) is 0.474. The number of benzene rings is 1. The van der Waals surface area contributed by atoms with E-state index in [9.17, 15) is 9.59 Å². The van der Waals surface area contributed by atoms with E-state index in [-0.39, 0.29) is 36.9 Å². The van der Waals surface area contributed by atoms with Crippen molar-refractivity contribution in [1.82, 2.24) is 15.2 Å². The lowest BCUT2D eigenvalue weighted by Crippen LogP contribution is -2.49. The van der Waals surface area contributed by atoms with Crippen molar-refractivity contribution in [3.8, 4) is 0 Å². The maximum absolute atomic E-state index is 12.8. The number of nitrogens with zero attached hydrogens (tertiary/aromatic N) is 1. The van der Waals surface area contributed by atoms with Gasteiger partial charge in [-0.25, -0.2) is 0 Å². The summed E-state index contributed by atoms with van der Waals surface area (Å²) in [6.07, 6.45) is 3.55. The lowest BCUT2D eigenvalue weighted by atomic mass is 9.83. The second-order valence-electron chi connectivity index (χ2n) is 6.63. The van der Waals surface area contributed by atoms with Crippen molar-refractivity contribution in [1.29, 1.82) is 0 Å². The molecule has 0 radical (unpaired) electrons. The zero-order valence-corrected chi connectivity index (χ0v) is 14.5. The Labute approximate surface area is 147 Å². The molecule has 0 spiro atoms.